The van der Waals surface area contributed by atoms with Crippen LogP contribution in [0, 0.1) is 19.7 Å². The summed E-state index contributed by atoms with van der Waals surface area (Å²) >= 11 is 0. The van der Waals surface area contributed by atoms with E-state index in [4.69, 9.17) is 4.42 Å². The topological polar surface area (TPSA) is 100 Å². The Morgan fingerprint density at radius 2 is 1.77 bits per heavy atom. The molecule has 1 saturated heterocycles. The predicted molar refractivity (Wildman–Crippen MR) is 154 cm³/mol. The Kier molecular flexibility index (Phi) is 6.89. The smallest absolute Gasteiger partial charge is 0.225 e. The van der Waals surface area contributed by atoms with Gasteiger partial charge in [-0.3, -0.25) is 0 Å². The molecule has 0 radical (unpaired) electrons. The maximum Gasteiger partial charge on any atom is 0.225 e. The highest BCUT2D eigenvalue weighted by Gasteiger charge is 2.19. The highest BCUT2D eigenvalue weighted by molar-refractivity contribution is 5.86. The summed E-state index contributed by atoms with van der Waals surface area (Å²) in [6.07, 6.45) is 6.51. The molecule has 2 aromatic carbocycles. The van der Waals surface area contributed by atoms with E-state index in [-0.39, 0.29) is 17.7 Å². The van der Waals surface area contributed by atoms with Crippen LogP contribution in [-0.2, 0) is 0 Å². The van der Waals surface area contributed by atoms with Crippen molar-refractivity contribution in [2.24, 2.45) is 0 Å². The van der Waals surface area contributed by atoms with Gasteiger partial charge in [0, 0.05) is 54.1 Å². The molecule has 204 valence electrons. The monoisotopic (exact) mass is 538 g/mol. The number of benzene rings is 2. The Balaban J connectivity index is 1.21. The van der Waals surface area contributed by atoms with Crippen molar-refractivity contribution in [1.82, 2.24) is 19.9 Å². The molecular formula is C31H31FN6O2. The number of furan rings is 1. The van der Waals surface area contributed by atoms with Crippen molar-refractivity contribution >= 4 is 22.7 Å². The van der Waals surface area contributed by atoms with Gasteiger partial charge in [-0.1, -0.05) is 18.2 Å². The highest BCUT2D eigenvalue weighted by atomic mass is 19.1. The predicted octanol–water partition coefficient (Wildman–Crippen LogP) is 6.24. The number of hydrogen-bond donors (Lipinski definition) is 2. The van der Waals surface area contributed by atoms with Gasteiger partial charge in [-0.2, -0.15) is 0 Å². The van der Waals surface area contributed by atoms with Gasteiger partial charge < -0.3 is 19.7 Å². The average Bonchev–Trinajstić information content (AvgIpc) is 3.34. The van der Waals surface area contributed by atoms with E-state index in [2.05, 4.69) is 49.2 Å². The van der Waals surface area contributed by atoms with Gasteiger partial charge in [-0.25, -0.2) is 24.3 Å². The fourth-order valence-electron chi connectivity index (χ4n) is 5.15. The summed E-state index contributed by atoms with van der Waals surface area (Å²) in [6.45, 7) is 7.31. The highest BCUT2D eigenvalue weighted by Crippen LogP contribution is 2.31. The number of nitrogens with one attached hydrogen (secondary N) is 1. The van der Waals surface area contributed by atoms with Gasteiger partial charge in [0.15, 0.2) is 11.4 Å². The summed E-state index contributed by atoms with van der Waals surface area (Å²) in [5.74, 6) is 1.53. The molecule has 0 aliphatic carbocycles. The van der Waals surface area contributed by atoms with Gasteiger partial charge in [0.05, 0.1) is 18.1 Å². The van der Waals surface area contributed by atoms with Crippen molar-refractivity contribution in [3.8, 4) is 22.4 Å². The first kappa shape index (κ1) is 25.9. The number of halogens is 1. The standard InChI is InChI=1S/C31H31FN6O2/c1-18-17-40-30-26(18)12-23(13-27(30)32)28-14-29(37-20(3)36-28)35-19(2)21-5-4-6-22(11-21)24-15-33-31(34-16-24)38-9-7-25(39)8-10-38/h4-6,11-17,19,25,39H,7-10H2,1-3H3,(H,35,36,37). The number of aliphatic hydroxyl groups excluding tert-OH is 1. The van der Waals surface area contributed by atoms with Gasteiger partial charge in [-0.05, 0) is 68.5 Å². The normalized spacial score (nSPS) is 15.0. The zero-order valence-electron chi connectivity index (χ0n) is 22.7. The molecule has 0 spiro atoms. The molecule has 9 heteroatoms. The minimum Gasteiger partial charge on any atom is -0.461 e. The third kappa shape index (κ3) is 5.24. The van der Waals surface area contributed by atoms with Crippen LogP contribution in [0.4, 0.5) is 16.2 Å². The lowest BCUT2D eigenvalue weighted by Crippen LogP contribution is -2.36. The summed E-state index contributed by atoms with van der Waals surface area (Å²) in [5.41, 5.74) is 5.46. The van der Waals surface area contributed by atoms with Crippen LogP contribution in [0.15, 0.2) is 65.5 Å². The van der Waals surface area contributed by atoms with Crippen molar-refractivity contribution in [2.45, 2.75) is 45.8 Å². The van der Waals surface area contributed by atoms with Gasteiger partial charge in [0.1, 0.15) is 11.6 Å². The molecule has 0 bridgehead atoms. The summed E-state index contributed by atoms with van der Waals surface area (Å²) in [6, 6.07) is 13.4. The first-order chi connectivity index (χ1) is 19.3. The number of nitrogens with zero attached hydrogens (tertiary/aromatic N) is 5. The summed E-state index contributed by atoms with van der Waals surface area (Å²) in [4.78, 5) is 20.4. The summed E-state index contributed by atoms with van der Waals surface area (Å²) in [7, 11) is 0. The van der Waals surface area contributed by atoms with E-state index in [1.165, 1.54) is 6.07 Å². The van der Waals surface area contributed by atoms with Crippen molar-refractivity contribution < 1.29 is 13.9 Å². The fraction of sp³-hybridized carbons (Fsp3) is 0.290. The molecule has 1 atom stereocenters. The second kappa shape index (κ2) is 10.7. The molecule has 0 saturated carbocycles. The number of hydrogen-bond acceptors (Lipinski definition) is 8. The number of piperidine rings is 1. The van der Waals surface area contributed by atoms with Gasteiger partial charge in [-0.15, -0.1) is 0 Å². The number of aromatic nitrogens is 4. The summed E-state index contributed by atoms with van der Waals surface area (Å²) in [5, 5.41) is 14.0. The lowest BCUT2D eigenvalue weighted by Gasteiger charge is -2.29. The molecule has 1 aliphatic rings. The van der Waals surface area contributed by atoms with Crippen molar-refractivity contribution in [1.29, 1.82) is 0 Å². The molecule has 2 N–H and O–H groups in total. The third-order valence-electron chi connectivity index (χ3n) is 7.43. The van der Waals surface area contributed by atoms with E-state index in [1.54, 1.807) is 6.26 Å². The van der Waals surface area contributed by atoms with Gasteiger partial charge in [0.25, 0.3) is 0 Å². The first-order valence-corrected chi connectivity index (χ1v) is 13.5. The molecule has 6 rings (SSSR count). The van der Waals surface area contributed by atoms with Crippen LogP contribution in [0.1, 0.15) is 42.8 Å². The Labute approximate surface area is 232 Å². The molecule has 4 heterocycles. The SMILES string of the molecule is Cc1nc(NC(C)c2cccc(-c3cnc(N4CCC(O)CC4)nc3)c2)cc(-c2cc(F)c3occ(C)c3c2)n1. The molecule has 40 heavy (non-hydrogen) atoms. The molecule has 1 aliphatic heterocycles. The zero-order chi connectivity index (χ0) is 27.8. The second-order valence-corrected chi connectivity index (χ2v) is 10.4. The lowest BCUT2D eigenvalue weighted by molar-refractivity contribution is 0.145. The van der Waals surface area contributed by atoms with E-state index < -0.39 is 5.82 Å². The largest absolute Gasteiger partial charge is 0.461 e. The summed E-state index contributed by atoms with van der Waals surface area (Å²) < 4.78 is 20.1. The third-order valence-corrected chi connectivity index (χ3v) is 7.43. The Morgan fingerprint density at radius 3 is 2.55 bits per heavy atom. The van der Waals surface area contributed by atoms with Crippen molar-refractivity contribution in [3.63, 3.8) is 0 Å². The minimum absolute atomic E-state index is 0.0580. The van der Waals surface area contributed by atoms with Crippen LogP contribution in [0.2, 0.25) is 0 Å². The number of rotatable bonds is 6. The number of fused-ring (bicyclic) bond motifs is 1. The molecule has 1 unspecified atom stereocenters. The van der Waals surface area contributed by atoms with Crippen molar-refractivity contribution in [2.75, 3.05) is 23.3 Å². The maximum atomic E-state index is 14.7. The van der Waals surface area contributed by atoms with E-state index in [1.807, 2.05) is 50.5 Å². The van der Waals surface area contributed by atoms with Crippen LogP contribution in [-0.4, -0.2) is 44.2 Å². The Hall–Kier alpha value is -4.37. The van der Waals surface area contributed by atoms with E-state index >= 15 is 0 Å². The molecule has 5 aromatic rings. The minimum atomic E-state index is -0.414. The Bertz CT molecular complexity index is 1660. The van der Waals surface area contributed by atoms with Crippen molar-refractivity contribution in [3.05, 3.63) is 83.9 Å². The number of anilines is 2. The van der Waals surface area contributed by atoms with Gasteiger partial charge >= 0.3 is 0 Å². The van der Waals surface area contributed by atoms with E-state index in [9.17, 15) is 9.50 Å². The van der Waals surface area contributed by atoms with Crippen LogP contribution in [0.3, 0.4) is 0 Å². The van der Waals surface area contributed by atoms with Gasteiger partial charge in [0.2, 0.25) is 5.95 Å². The maximum absolute atomic E-state index is 14.7. The van der Waals surface area contributed by atoms with Crippen LogP contribution in [0.5, 0.6) is 0 Å². The number of aryl methyl sites for hydroxylation is 2. The van der Waals surface area contributed by atoms with Crippen LogP contribution in [0.25, 0.3) is 33.4 Å². The fourth-order valence-corrected chi connectivity index (χ4v) is 5.15. The Morgan fingerprint density at radius 1 is 1.00 bits per heavy atom. The molecule has 8 nitrogen and oxygen atoms in total. The average molecular weight is 539 g/mol. The number of aliphatic hydroxyl groups is 1. The molecule has 3 aromatic heterocycles. The molecule has 0 amide bonds. The molecule has 1 fully saturated rings. The molecular weight excluding hydrogens is 507 g/mol. The van der Waals surface area contributed by atoms with E-state index in [0.29, 0.717) is 28.8 Å². The first-order valence-electron chi connectivity index (χ1n) is 13.5. The van der Waals surface area contributed by atoms with Crippen LogP contribution < -0.4 is 10.2 Å². The quantitative estimate of drug-likeness (QED) is 0.262. The van der Waals surface area contributed by atoms with Crippen LogP contribution >= 0.6 is 0 Å². The zero-order valence-corrected chi connectivity index (χ0v) is 22.7. The van der Waals surface area contributed by atoms with E-state index in [0.717, 1.165) is 53.6 Å². The lowest BCUT2D eigenvalue weighted by atomic mass is 10.0. The second-order valence-electron chi connectivity index (χ2n) is 10.4.